The van der Waals surface area contributed by atoms with Gasteiger partial charge in [0.05, 0.1) is 0 Å². The highest BCUT2D eigenvalue weighted by Crippen LogP contribution is 2.38. The van der Waals surface area contributed by atoms with Crippen molar-refractivity contribution in [3.05, 3.63) is 40.6 Å². The Kier molecular flexibility index (Phi) is 3.87. The van der Waals surface area contributed by atoms with Crippen LogP contribution >= 0.6 is 24.0 Å². The highest BCUT2D eigenvalue weighted by atomic mass is 32.2. The van der Waals surface area contributed by atoms with Crippen molar-refractivity contribution in [2.75, 3.05) is 7.05 Å². The van der Waals surface area contributed by atoms with Gasteiger partial charge in [-0.2, -0.15) is 4.74 Å². The lowest BCUT2D eigenvalue weighted by atomic mass is 10.0. The molecule has 3 nitrogen and oxygen atoms in total. The molecule has 1 fully saturated rings. The zero-order valence-corrected chi connectivity index (χ0v) is 13.2. The summed E-state index contributed by atoms with van der Waals surface area (Å²) in [6, 6.07) is 7.91. The first kappa shape index (κ1) is 14.3. The summed E-state index contributed by atoms with van der Waals surface area (Å²) in [6.07, 6.45) is 1.64. The van der Waals surface area contributed by atoms with E-state index in [0.29, 0.717) is 0 Å². The number of likely N-dealkylation sites (N-methyl/N-ethyl adjacent to an activating group) is 1. The van der Waals surface area contributed by atoms with E-state index in [1.54, 1.807) is 6.21 Å². The van der Waals surface area contributed by atoms with Gasteiger partial charge in [0.1, 0.15) is 9.86 Å². The van der Waals surface area contributed by atoms with E-state index in [9.17, 15) is 5.21 Å². The zero-order chi connectivity index (χ0) is 14.2. The molecule has 1 saturated heterocycles. The van der Waals surface area contributed by atoms with Crippen LogP contribution in [0.4, 0.5) is 0 Å². The number of hydroxylamine groups is 1. The molecule has 0 saturated carbocycles. The van der Waals surface area contributed by atoms with Crippen LogP contribution in [0.15, 0.2) is 24.3 Å². The summed E-state index contributed by atoms with van der Waals surface area (Å²) in [5.41, 5.74) is 1.83. The number of nitrogens with zero attached hydrogens (tertiary/aromatic N) is 2. The van der Waals surface area contributed by atoms with Crippen LogP contribution in [-0.4, -0.2) is 38.1 Å². The first-order valence-electron chi connectivity index (χ1n) is 6.14. The second-order valence-corrected chi connectivity index (χ2v) is 7.06. The third-order valence-electron chi connectivity index (χ3n) is 3.54. The highest BCUT2D eigenvalue weighted by molar-refractivity contribution is 8.23. The smallest absolute Gasteiger partial charge is 0.238 e. The fraction of sp³-hybridized carbons (Fsp3) is 0.429. The number of hydrogen-bond donors (Lipinski definition) is 0. The van der Waals surface area contributed by atoms with Crippen molar-refractivity contribution in [2.45, 2.75) is 31.7 Å². The molecule has 0 unspecified atom stereocenters. The van der Waals surface area contributed by atoms with Crippen molar-refractivity contribution >= 4 is 34.5 Å². The topological polar surface area (TPSA) is 29.3 Å². The quantitative estimate of drug-likeness (QED) is 0.276. The predicted molar refractivity (Wildman–Crippen MR) is 85.8 cm³/mol. The summed E-state index contributed by atoms with van der Waals surface area (Å²) in [4.78, 5) is 1.99. The van der Waals surface area contributed by atoms with Crippen LogP contribution in [0.25, 0.3) is 0 Å². The average molecular weight is 294 g/mol. The van der Waals surface area contributed by atoms with E-state index in [1.165, 1.54) is 17.3 Å². The van der Waals surface area contributed by atoms with Gasteiger partial charge in [-0.15, -0.1) is 0 Å². The summed E-state index contributed by atoms with van der Waals surface area (Å²) in [5, 5.41) is 12.1. The molecule has 0 radical (unpaired) electrons. The summed E-state index contributed by atoms with van der Waals surface area (Å²) in [7, 11) is 1.94. The van der Waals surface area contributed by atoms with Crippen LogP contribution in [0.5, 0.6) is 0 Å². The zero-order valence-electron chi connectivity index (χ0n) is 11.6. The van der Waals surface area contributed by atoms with Gasteiger partial charge in [0.25, 0.3) is 0 Å². The van der Waals surface area contributed by atoms with Crippen LogP contribution < -0.4 is 0 Å². The summed E-state index contributed by atoms with van der Waals surface area (Å²) < 4.78 is 1.79. The van der Waals surface area contributed by atoms with Gasteiger partial charge in [0.15, 0.2) is 6.21 Å². The Hall–Kier alpha value is -1.07. The Bertz CT molecular complexity index is 523. The molecular formula is C14H18N2OS2. The second kappa shape index (κ2) is 5.13. The van der Waals surface area contributed by atoms with E-state index >= 15 is 0 Å². The van der Waals surface area contributed by atoms with Gasteiger partial charge in [0, 0.05) is 12.6 Å². The number of hydrogen-bond acceptors (Lipinski definition) is 3. The third kappa shape index (κ3) is 2.77. The van der Waals surface area contributed by atoms with Crippen molar-refractivity contribution < 1.29 is 4.74 Å². The molecule has 1 atom stereocenters. The van der Waals surface area contributed by atoms with Gasteiger partial charge in [-0.3, -0.25) is 0 Å². The average Bonchev–Trinajstić information content (AvgIpc) is 2.56. The second-order valence-electron chi connectivity index (χ2n) is 5.35. The van der Waals surface area contributed by atoms with Crippen molar-refractivity contribution in [1.82, 2.24) is 4.90 Å². The van der Waals surface area contributed by atoms with Crippen molar-refractivity contribution in [3.8, 4) is 0 Å². The molecule has 0 spiro atoms. The van der Waals surface area contributed by atoms with Crippen molar-refractivity contribution in [2.24, 2.45) is 0 Å². The molecule has 0 N–H and O–H groups in total. The van der Waals surface area contributed by atoms with E-state index in [1.807, 2.05) is 57.0 Å². The van der Waals surface area contributed by atoms with Gasteiger partial charge in [-0.05, 0) is 44.7 Å². The van der Waals surface area contributed by atoms with E-state index in [0.717, 1.165) is 14.6 Å². The van der Waals surface area contributed by atoms with Crippen LogP contribution in [0.2, 0.25) is 0 Å². The number of rotatable bonds is 2. The van der Waals surface area contributed by atoms with Crippen LogP contribution in [0.1, 0.15) is 25.0 Å². The Balaban J connectivity index is 2.27. The maximum Gasteiger partial charge on any atom is 0.238 e. The SMILES string of the molecule is Cc1ccc(/C=[N+](\[O-])[C@H]2SC(=S)N(C)C2(C)C)cc1. The highest BCUT2D eigenvalue weighted by Gasteiger charge is 2.48. The Morgan fingerprint density at radius 3 is 2.42 bits per heavy atom. The van der Waals surface area contributed by atoms with Gasteiger partial charge >= 0.3 is 0 Å². The maximum absolute atomic E-state index is 12.4. The molecule has 1 aromatic rings. The normalized spacial score (nSPS) is 22.9. The molecule has 1 aliphatic heterocycles. The molecule has 0 aromatic heterocycles. The lowest BCUT2D eigenvalue weighted by molar-refractivity contribution is -0.480. The largest absolute Gasteiger partial charge is 0.623 e. The van der Waals surface area contributed by atoms with Gasteiger partial charge in [-0.25, -0.2) is 0 Å². The molecule has 19 heavy (non-hydrogen) atoms. The van der Waals surface area contributed by atoms with E-state index < -0.39 is 0 Å². The standard InChI is InChI=1S/C14H18N2OS2/c1-10-5-7-11(8-6-10)9-16(17)12-14(2,3)15(4)13(18)19-12/h5-9,12H,1-4H3/b16-9-/t12-/m0/s1. The van der Waals surface area contributed by atoms with Gasteiger partial charge < -0.3 is 10.1 Å². The summed E-state index contributed by atoms with van der Waals surface area (Å²) in [5.74, 6) is 0. The van der Waals surface area contributed by atoms with Crippen LogP contribution in [-0.2, 0) is 0 Å². The van der Waals surface area contributed by atoms with Crippen LogP contribution in [0, 0.1) is 12.1 Å². The predicted octanol–water partition coefficient (Wildman–Crippen LogP) is 2.99. The summed E-state index contributed by atoms with van der Waals surface area (Å²) in [6.45, 7) is 6.11. The Morgan fingerprint density at radius 2 is 1.95 bits per heavy atom. The Labute approximate surface area is 123 Å². The first-order valence-corrected chi connectivity index (χ1v) is 7.42. The minimum absolute atomic E-state index is 0.216. The molecule has 0 bridgehead atoms. The van der Waals surface area contributed by atoms with E-state index in [2.05, 4.69) is 0 Å². The maximum atomic E-state index is 12.4. The molecule has 0 aliphatic carbocycles. The summed E-state index contributed by atoms with van der Waals surface area (Å²) >= 11 is 6.73. The van der Waals surface area contributed by atoms with Crippen LogP contribution in [0.3, 0.4) is 0 Å². The first-order chi connectivity index (χ1) is 8.82. The fourth-order valence-electron chi connectivity index (χ4n) is 1.95. The van der Waals surface area contributed by atoms with Gasteiger partial charge in [0.2, 0.25) is 5.37 Å². The molecule has 1 heterocycles. The molecular weight excluding hydrogens is 276 g/mol. The molecule has 2 rings (SSSR count). The number of thiocarbonyl (C=S) groups is 1. The lowest BCUT2D eigenvalue weighted by Crippen LogP contribution is -2.47. The third-order valence-corrected chi connectivity index (χ3v) is 5.59. The molecule has 5 heteroatoms. The van der Waals surface area contributed by atoms with Crippen molar-refractivity contribution in [3.63, 3.8) is 0 Å². The molecule has 102 valence electrons. The number of aryl methyl sites for hydroxylation is 1. The molecule has 0 amide bonds. The van der Waals surface area contributed by atoms with Crippen molar-refractivity contribution in [1.29, 1.82) is 0 Å². The fourth-order valence-corrected chi connectivity index (χ4v) is 3.65. The minimum Gasteiger partial charge on any atom is -0.623 e. The number of thioether (sulfide) groups is 1. The molecule has 1 aromatic carbocycles. The van der Waals surface area contributed by atoms with Gasteiger partial charge in [-0.1, -0.05) is 29.9 Å². The minimum atomic E-state index is -0.273. The van der Waals surface area contributed by atoms with E-state index in [-0.39, 0.29) is 10.9 Å². The lowest BCUT2D eigenvalue weighted by Gasteiger charge is -2.30. The van der Waals surface area contributed by atoms with E-state index in [4.69, 9.17) is 12.2 Å². The molecule has 1 aliphatic rings. The monoisotopic (exact) mass is 294 g/mol. The Morgan fingerprint density at radius 1 is 1.37 bits per heavy atom. The number of benzene rings is 1.